The summed E-state index contributed by atoms with van der Waals surface area (Å²) in [5, 5.41) is 0.441. The monoisotopic (exact) mass is 251 g/mol. The van der Waals surface area contributed by atoms with Crippen molar-refractivity contribution in [3.8, 4) is 10.9 Å². The minimum atomic E-state index is -0.491. The lowest BCUT2D eigenvalue weighted by molar-refractivity contribution is 0.472. The molecule has 6 heteroatoms. The lowest BCUT2D eigenvalue weighted by Gasteiger charge is -2.02. The van der Waals surface area contributed by atoms with Crippen LogP contribution in [0.25, 0.3) is 0 Å². The summed E-state index contributed by atoms with van der Waals surface area (Å²) in [7, 11) is 0. The average Bonchev–Trinajstić information content (AvgIpc) is 3.06. The van der Waals surface area contributed by atoms with Crippen LogP contribution in [0.1, 0.15) is 24.6 Å². The van der Waals surface area contributed by atoms with Gasteiger partial charge in [0.05, 0.1) is 5.69 Å². The van der Waals surface area contributed by atoms with E-state index in [9.17, 15) is 4.39 Å². The number of nitrogen functional groups attached to an aromatic ring is 1. The van der Waals surface area contributed by atoms with Gasteiger partial charge in [-0.3, -0.25) is 0 Å². The number of hydrogen-bond acceptors (Lipinski definition) is 5. The van der Waals surface area contributed by atoms with Crippen LogP contribution >= 0.6 is 11.5 Å². The molecule has 1 fully saturated rings. The van der Waals surface area contributed by atoms with Gasteiger partial charge in [-0.05, 0) is 25.0 Å². The molecule has 0 spiro atoms. The van der Waals surface area contributed by atoms with Crippen LogP contribution in [-0.2, 0) is 0 Å². The van der Waals surface area contributed by atoms with Crippen LogP contribution < -0.4 is 10.5 Å². The van der Waals surface area contributed by atoms with E-state index in [2.05, 4.69) is 9.36 Å². The highest BCUT2D eigenvalue weighted by molar-refractivity contribution is 7.07. The van der Waals surface area contributed by atoms with E-state index in [0.29, 0.717) is 16.9 Å². The SMILES string of the molecule is Nc1ccc(Oc2nc(C3CC3)ns2)cc1F. The average molecular weight is 251 g/mol. The minimum Gasteiger partial charge on any atom is -0.430 e. The van der Waals surface area contributed by atoms with E-state index >= 15 is 0 Å². The second-order valence-electron chi connectivity index (χ2n) is 3.98. The molecule has 1 aromatic heterocycles. The Morgan fingerprint density at radius 2 is 2.24 bits per heavy atom. The summed E-state index contributed by atoms with van der Waals surface area (Å²) >= 11 is 1.19. The molecule has 2 N–H and O–H groups in total. The first-order chi connectivity index (χ1) is 8.22. The first kappa shape index (κ1) is 10.5. The van der Waals surface area contributed by atoms with Crippen LogP contribution in [0.4, 0.5) is 10.1 Å². The summed E-state index contributed by atoms with van der Waals surface area (Å²) in [5.74, 6) is 1.22. The molecule has 2 aromatic rings. The molecule has 1 heterocycles. The summed E-state index contributed by atoms with van der Waals surface area (Å²) in [5.41, 5.74) is 5.48. The Kier molecular flexibility index (Phi) is 2.44. The summed E-state index contributed by atoms with van der Waals surface area (Å²) in [4.78, 5) is 4.25. The van der Waals surface area contributed by atoms with Crippen molar-refractivity contribution in [3.05, 3.63) is 29.8 Å². The predicted octanol–water partition coefficient (Wildman–Crippen LogP) is 2.93. The van der Waals surface area contributed by atoms with Crippen LogP contribution in [0, 0.1) is 5.82 Å². The Morgan fingerprint density at radius 1 is 1.41 bits per heavy atom. The lowest BCUT2D eigenvalue weighted by atomic mass is 10.3. The molecule has 0 aliphatic heterocycles. The molecular formula is C11H10FN3OS. The summed E-state index contributed by atoms with van der Waals surface area (Å²) in [6.07, 6.45) is 2.29. The first-order valence-corrected chi connectivity index (χ1v) is 6.06. The molecule has 0 radical (unpaired) electrons. The zero-order valence-corrected chi connectivity index (χ0v) is 9.71. The first-order valence-electron chi connectivity index (χ1n) is 5.29. The van der Waals surface area contributed by atoms with E-state index < -0.39 is 5.82 Å². The number of ether oxygens (including phenoxy) is 1. The fourth-order valence-electron chi connectivity index (χ4n) is 1.44. The maximum Gasteiger partial charge on any atom is 0.298 e. The number of anilines is 1. The molecule has 0 atom stereocenters. The molecule has 1 aliphatic carbocycles. The molecule has 0 bridgehead atoms. The standard InChI is InChI=1S/C11H10FN3OS/c12-8-5-7(3-4-9(8)13)16-11-14-10(15-17-11)6-1-2-6/h3-6H,1-2,13H2. The highest BCUT2D eigenvalue weighted by atomic mass is 32.1. The maximum atomic E-state index is 13.2. The summed E-state index contributed by atoms with van der Waals surface area (Å²) in [6, 6.07) is 4.32. The minimum absolute atomic E-state index is 0.105. The zero-order valence-electron chi connectivity index (χ0n) is 8.89. The Hall–Kier alpha value is -1.69. The van der Waals surface area contributed by atoms with Gasteiger partial charge >= 0.3 is 0 Å². The third-order valence-electron chi connectivity index (χ3n) is 2.54. The number of aromatic nitrogens is 2. The summed E-state index contributed by atoms with van der Waals surface area (Å²) < 4.78 is 22.8. The van der Waals surface area contributed by atoms with Crippen LogP contribution in [0.15, 0.2) is 18.2 Å². The zero-order chi connectivity index (χ0) is 11.8. The van der Waals surface area contributed by atoms with Gasteiger partial charge < -0.3 is 10.5 Å². The van der Waals surface area contributed by atoms with Gasteiger partial charge in [0.1, 0.15) is 17.4 Å². The fourth-order valence-corrected chi connectivity index (χ4v) is 2.07. The Bertz CT molecular complexity index is 553. The van der Waals surface area contributed by atoms with E-state index in [-0.39, 0.29) is 5.69 Å². The molecular weight excluding hydrogens is 241 g/mol. The number of halogens is 1. The molecule has 1 aliphatic rings. The largest absolute Gasteiger partial charge is 0.430 e. The van der Waals surface area contributed by atoms with Crippen LogP contribution in [0.3, 0.4) is 0 Å². The van der Waals surface area contributed by atoms with Gasteiger partial charge in [0, 0.05) is 23.5 Å². The second kappa shape index (κ2) is 3.96. The van der Waals surface area contributed by atoms with Crippen molar-refractivity contribution in [2.45, 2.75) is 18.8 Å². The highest BCUT2D eigenvalue weighted by Gasteiger charge is 2.28. The van der Waals surface area contributed by atoms with Gasteiger partial charge in [-0.2, -0.15) is 9.36 Å². The molecule has 0 unspecified atom stereocenters. The molecule has 4 nitrogen and oxygen atoms in total. The summed E-state index contributed by atoms with van der Waals surface area (Å²) in [6.45, 7) is 0. The second-order valence-corrected chi connectivity index (χ2v) is 4.69. The molecule has 0 saturated heterocycles. The van der Waals surface area contributed by atoms with Gasteiger partial charge in [-0.1, -0.05) is 0 Å². The number of nitrogens with zero attached hydrogens (tertiary/aromatic N) is 2. The van der Waals surface area contributed by atoms with Crippen LogP contribution in [0.2, 0.25) is 0 Å². The lowest BCUT2D eigenvalue weighted by Crippen LogP contribution is -1.91. The highest BCUT2D eigenvalue weighted by Crippen LogP contribution is 2.40. The van der Waals surface area contributed by atoms with Gasteiger partial charge in [-0.15, -0.1) is 0 Å². The molecule has 3 rings (SSSR count). The van der Waals surface area contributed by atoms with Crippen molar-refractivity contribution < 1.29 is 9.13 Å². The van der Waals surface area contributed by atoms with E-state index in [1.165, 1.54) is 23.7 Å². The molecule has 0 amide bonds. The van der Waals surface area contributed by atoms with Crippen molar-refractivity contribution in [2.24, 2.45) is 0 Å². The fraction of sp³-hybridized carbons (Fsp3) is 0.273. The van der Waals surface area contributed by atoms with Crippen LogP contribution in [-0.4, -0.2) is 9.36 Å². The topological polar surface area (TPSA) is 61.0 Å². The number of rotatable bonds is 3. The third kappa shape index (κ3) is 2.21. The van der Waals surface area contributed by atoms with Crippen molar-refractivity contribution in [3.63, 3.8) is 0 Å². The molecule has 1 aromatic carbocycles. The number of hydrogen-bond donors (Lipinski definition) is 1. The van der Waals surface area contributed by atoms with E-state index in [0.717, 1.165) is 18.7 Å². The third-order valence-corrected chi connectivity index (χ3v) is 3.15. The smallest absolute Gasteiger partial charge is 0.298 e. The van der Waals surface area contributed by atoms with Crippen LogP contribution in [0.5, 0.6) is 10.9 Å². The molecule has 1 saturated carbocycles. The number of benzene rings is 1. The van der Waals surface area contributed by atoms with Crippen molar-refractivity contribution >= 4 is 17.2 Å². The van der Waals surface area contributed by atoms with Gasteiger partial charge in [-0.25, -0.2) is 4.39 Å². The number of nitrogens with two attached hydrogens (primary N) is 1. The maximum absolute atomic E-state index is 13.2. The molecule has 88 valence electrons. The van der Waals surface area contributed by atoms with Crippen molar-refractivity contribution in [2.75, 3.05) is 5.73 Å². The van der Waals surface area contributed by atoms with Crippen molar-refractivity contribution in [1.29, 1.82) is 0 Å². The Balaban J connectivity index is 1.78. The van der Waals surface area contributed by atoms with Gasteiger partial charge in [0.15, 0.2) is 0 Å². The van der Waals surface area contributed by atoms with E-state index in [1.54, 1.807) is 6.07 Å². The quantitative estimate of drug-likeness (QED) is 0.852. The molecule has 17 heavy (non-hydrogen) atoms. The normalized spacial score (nSPS) is 14.9. The van der Waals surface area contributed by atoms with E-state index in [1.807, 2.05) is 0 Å². The predicted molar refractivity (Wildman–Crippen MR) is 62.8 cm³/mol. The van der Waals surface area contributed by atoms with E-state index in [4.69, 9.17) is 10.5 Å². The van der Waals surface area contributed by atoms with Gasteiger partial charge in [0.2, 0.25) is 0 Å². The Labute approximate surface area is 101 Å². The van der Waals surface area contributed by atoms with Crippen molar-refractivity contribution in [1.82, 2.24) is 9.36 Å². The van der Waals surface area contributed by atoms with Gasteiger partial charge in [0.25, 0.3) is 5.19 Å². The Morgan fingerprint density at radius 3 is 2.94 bits per heavy atom.